The first-order valence-electron chi connectivity index (χ1n) is 11.4. The Morgan fingerprint density at radius 1 is 1.09 bits per heavy atom. The SMILES string of the molecule is Cc1ccc(CS(=O)(=O)N[C@H]2C[C@H](C(=O)NC(C)C)C[C@H]2c2nc(-c3ccccc3)no2)cc1. The molecule has 1 aliphatic carbocycles. The van der Waals surface area contributed by atoms with Crippen molar-refractivity contribution in [1.29, 1.82) is 0 Å². The van der Waals surface area contributed by atoms with E-state index in [4.69, 9.17) is 4.52 Å². The van der Waals surface area contributed by atoms with Crippen molar-refractivity contribution in [1.82, 2.24) is 20.2 Å². The average molecular weight is 483 g/mol. The number of rotatable bonds is 8. The second kappa shape index (κ2) is 10.1. The lowest BCUT2D eigenvalue weighted by molar-refractivity contribution is -0.125. The maximum Gasteiger partial charge on any atom is 0.231 e. The van der Waals surface area contributed by atoms with E-state index in [-0.39, 0.29) is 23.6 Å². The van der Waals surface area contributed by atoms with Gasteiger partial charge in [-0.3, -0.25) is 4.79 Å². The fraction of sp³-hybridized carbons (Fsp3) is 0.400. The van der Waals surface area contributed by atoms with Gasteiger partial charge in [0.1, 0.15) is 0 Å². The topological polar surface area (TPSA) is 114 Å². The highest BCUT2D eigenvalue weighted by Gasteiger charge is 2.43. The number of hydrogen-bond acceptors (Lipinski definition) is 6. The highest BCUT2D eigenvalue weighted by atomic mass is 32.2. The number of nitrogens with zero attached hydrogens (tertiary/aromatic N) is 2. The van der Waals surface area contributed by atoms with Gasteiger partial charge in [-0.05, 0) is 39.2 Å². The molecule has 0 spiro atoms. The summed E-state index contributed by atoms with van der Waals surface area (Å²) in [5.41, 5.74) is 2.57. The molecule has 8 nitrogen and oxygen atoms in total. The highest BCUT2D eigenvalue weighted by Crippen LogP contribution is 2.39. The van der Waals surface area contributed by atoms with E-state index in [1.54, 1.807) is 0 Å². The summed E-state index contributed by atoms with van der Waals surface area (Å²) in [5, 5.41) is 7.03. The lowest BCUT2D eigenvalue weighted by Crippen LogP contribution is -2.38. The fourth-order valence-corrected chi connectivity index (χ4v) is 5.76. The van der Waals surface area contributed by atoms with Gasteiger partial charge in [-0.2, -0.15) is 4.98 Å². The summed E-state index contributed by atoms with van der Waals surface area (Å²) >= 11 is 0. The van der Waals surface area contributed by atoms with Crippen LogP contribution >= 0.6 is 0 Å². The summed E-state index contributed by atoms with van der Waals surface area (Å²) in [6.07, 6.45) is 0.784. The Bertz CT molecular complexity index is 1220. The highest BCUT2D eigenvalue weighted by molar-refractivity contribution is 7.88. The predicted octanol–water partition coefficient (Wildman–Crippen LogP) is 3.55. The number of amides is 1. The Labute approximate surface area is 200 Å². The fourth-order valence-electron chi connectivity index (χ4n) is 4.32. The molecule has 1 heterocycles. The summed E-state index contributed by atoms with van der Waals surface area (Å²) in [6.45, 7) is 5.75. The second-order valence-corrected chi connectivity index (χ2v) is 11.0. The molecule has 2 N–H and O–H groups in total. The van der Waals surface area contributed by atoms with Gasteiger partial charge >= 0.3 is 0 Å². The molecule has 0 unspecified atom stereocenters. The molecule has 4 rings (SSSR count). The van der Waals surface area contributed by atoms with Gasteiger partial charge in [0, 0.05) is 23.6 Å². The smallest absolute Gasteiger partial charge is 0.231 e. The van der Waals surface area contributed by atoms with Crippen LogP contribution in [0.25, 0.3) is 11.4 Å². The summed E-state index contributed by atoms with van der Waals surface area (Å²) < 4.78 is 34.4. The summed E-state index contributed by atoms with van der Waals surface area (Å²) in [6, 6.07) is 16.3. The third-order valence-electron chi connectivity index (χ3n) is 5.96. The van der Waals surface area contributed by atoms with Gasteiger partial charge in [-0.15, -0.1) is 0 Å². The zero-order valence-electron chi connectivity index (χ0n) is 19.6. The van der Waals surface area contributed by atoms with Crippen LogP contribution in [-0.2, 0) is 20.6 Å². The number of sulfonamides is 1. The van der Waals surface area contributed by atoms with Crippen LogP contribution in [0.5, 0.6) is 0 Å². The quantitative estimate of drug-likeness (QED) is 0.508. The van der Waals surface area contributed by atoms with E-state index in [0.717, 1.165) is 11.1 Å². The van der Waals surface area contributed by atoms with Gasteiger partial charge in [0.05, 0.1) is 11.7 Å². The number of nitrogens with one attached hydrogen (secondary N) is 2. The molecule has 3 aromatic rings. The first kappa shape index (κ1) is 24.1. The minimum atomic E-state index is -3.66. The number of hydrogen-bond donors (Lipinski definition) is 2. The molecule has 1 fully saturated rings. The van der Waals surface area contributed by atoms with E-state index in [9.17, 15) is 13.2 Å². The van der Waals surface area contributed by atoms with Crippen molar-refractivity contribution in [3.8, 4) is 11.4 Å². The van der Waals surface area contributed by atoms with Crippen molar-refractivity contribution in [3.05, 3.63) is 71.6 Å². The number of carbonyl (C=O) groups is 1. The van der Waals surface area contributed by atoms with E-state index >= 15 is 0 Å². The number of aryl methyl sites for hydroxylation is 1. The van der Waals surface area contributed by atoms with E-state index in [2.05, 4.69) is 20.2 Å². The molecule has 1 amide bonds. The Balaban J connectivity index is 1.56. The van der Waals surface area contributed by atoms with Crippen molar-refractivity contribution in [3.63, 3.8) is 0 Å². The average Bonchev–Trinajstić information content (AvgIpc) is 3.42. The van der Waals surface area contributed by atoms with Crippen molar-refractivity contribution in [2.75, 3.05) is 0 Å². The molecule has 0 aliphatic heterocycles. The van der Waals surface area contributed by atoms with Crippen molar-refractivity contribution < 1.29 is 17.7 Å². The van der Waals surface area contributed by atoms with Crippen LogP contribution in [-0.4, -0.2) is 36.5 Å². The molecule has 0 radical (unpaired) electrons. The normalized spacial score (nSPS) is 20.5. The molecular formula is C25H30N4O4S. The lowest BCUT2D eigenvalue weighted by atomic mass is 10.0. The number of benzene rings is 2. The maximum atomic E-state index is 13.0. The molecule has 1 aliphatic rings. The van der Waals surface area contributed by atoms with Gasteiger partial charge in [-0.25, -0.2) is 13.1 Å². The molecule has 180 valence electrons. The molecule has 9 heteroatoms. The van der Waals surface area contributed by atoms with E-state index in [0.29, 0.717) is 30.1 Å². The van der Waals surface area contributed by atoms with Gasteiger partial charge < -0.3 is 9.84 Å². The maximum absolute atomic E-state index is 13.0. The van der Waals surface area contributed by atoms with Gasteiger partial charge in [0.15, 0.2) is 0 Å². The third-order valence-corrected chi connectivity index (χ3v) is 7.34. The summed E-state index contributed by atoms with van der Waals surface area (Å²) in [4.78, 5) is 17.3. The third kappa shape index (κ3) is 5.90. The molecular weight excluding hydrogens is 452 g/mol. The van der Waals surface area contributed by atoms with Crippen LogP contribution in [0.15, 0.2) is 59.1 Å². The summed E-state index contributed by atoms with van der Waals surface area (Å²) in [5.74, 6) is -0.220. The molecule has 0 bridgehead atoms. The van der Waals surface area contributed by atoms with Crippen molar-refractivity contribution in [2.45, 2.75) is 57.4 Å². The molecule has 1 saturated carbocycles. The van der Waals surface area contributed by atoms with Crippen LogP contribution in [0.1, 0.15) is 49.6 Å². The molecule has 0 saturated heterocycles. The zero-order chi connectivity index (χ0) is 24.3. The largest absolute Gasteiger partial charge is 0.354 e. The Hall–Kier alpha value is -3.04. The number of aromatic nitrogens is 2. The predicted molar refractivity (Wildman–Crippen MR) is 129 cm³/mol. The molecule has 34 heavy (non-hydrogen) atoms. The molecule has 1 aromatic heterocycles. The Kier molecular flexibility index (Phi) is 7.13. The number of carbonyl (C=O) groups excluding carboxylic acids is 1. The first-order valence-corrected chi connectivity index (χ1v) is 13.1. The summed E-state index contributed by atoms with van der Waals surface area (Å²) in [7, 11) is -3.66. The first-order chi connectivity index (χ1) is 16.2. The zero-order valence-corrected chi connectivity index (χ0v) is 20.4. The van der Waals surface area contributed by atoms with Gasteiger partial charge in [0.25, 0.3) is 0 Å². The second-order valence-electron chi connectivity index (χ2n) is 9.23. The van der Waals surface area contributed by atoms with Crippen LogP contribution in [0.2, 0.25) is 0 Å². The van der Waals surface area contributed by atoms with Crippen LogP contribution in [0, 0.1) is 12.8 Å². The Morgan fingerprint density at radius 3 is 2.47 bits per heavy atom. The standard InChI is InChI=1S/C25H30N4O4S/c1-16(2)26-24(30)20-13-21(25-27-23(28-33-25)19-7-5-4-6-8-19)22(14-20)29-34(31,32)15-18-11-9-17(3)10-12-18/h4-12,16,20-22,29H,13-15H2,1-3H3,(H,26,30)/t20-,21-,22+/m1/s1. The van der Waals surface area contributed by atoms with E-state index < -0.39 is 22.0 Å². The van der Waals surface area contributed by atoms with Crippen LogP contribution in [0.4, 0.5) is 0 Å². The van der Waals surface area contributed by atoms with Gasteiger partial charge in [0.2, 0.25) is 27.6 Å². The minimum absolute atomic E-state index is 0.00341. The molecule has 2 aromatic carbocycles. The lowest BCUT2D eigenvalue weighted by Gasteiger charge is -2.18. The van der Waals surface area contributed by atoms with Crippen molar-refractivity contribution in [2.24, 2.45) is 5.92 Å². The van der Waals surface area contributed by atoms with Crippen LogP contribution < -0.4 is 10.0 Å². The van der Waals surface area contributed by atoms with E-state index in [1.165, 1.54) is 0 Å². The minimum Gasteiger partial charge on any atom is -0.354 e. The Morgan fingerprint density at radius 2 is 1.79 bits per heavy atom. The van der Waals surface area contributed by atoms with E-state index in [1.807, 2.05) is 75.4 Å². The van der Waals surface area contributed by atoms with Crippen LogP contribution in [0.3, 0.4) is 0 Å². The van der Waals surface area contributed by atoms with Crippen molar-refractivity contribution >= 4 is 15.9 Å². The molecule has 3 atom stereocenters. The van der Waals surface area contributed by atoms with Gasteiger partial charge in [-0.1, -0.05) is 65.3 Å². The monoisotopic (exact) mass is 482 g/mol.